The van der Waals surface area contributed by atoms with E-state index in [4.69, 9.17) is 0 Å². The van der Waals surface area contributed by atoms with Gasteiger partial charge in [0.15, 0.2) is 6.10 Å². The number of hydrogen-bond donors (Lipinski definition) is 1. The molecule has 2 aliphatic rings. The van der Waals surface area contributed by atoms with E-state index < -0.39 is 12.3 Å². The molecule has 1 aliphatic carbocycles. The molecule has 5 rings (SSSR count). The molecule has 0 bridgehead atoms. The number of halogens is 3. The molecule has 0 spiro atoms. The number of alkyl halides is 3. The molecule has 1 N–H and O–H groups in total. The molecule has 2 unspecified atom stereocenters. The van der Waals surface area contributed by atoms with Gasteiger partial charge in [-0.05, 0) is 57.1 Å². The molecule has 1 fully saturated rings. The van der Waals surface area contributed by atoms with Crippen LogP contribution in [0.1, 0.15) is 47.6 Å². The zero-order valence-corrected chi connectivity index (χ0v) is 20.0. The van der Waals surface area contributed by atoms with E-state index in [1.807, 2.05) is 31.1 Å². The van der Waals surface area contributed by atoms with Crippen LogP contribution in [0.25, 0.3) is 5.65 Å². The summed E-state index contributed by atoms with van der Waals surface area (Å²) < 4.78 is 43.2. The number of likely N-dealkylation sites (N-methyl/N-ethyl adjacent to an activating group) is 1. The Bertz CT molecular complexity index is 1190. The number of pyridine rings is 2. The lowest BCUT2D eigenvalue weighted by atomic mass is 9.91. The molecular formula is C25H31F3N6O. The topological polar surface area (TPSA) is 60.1 Å². The fourth-order valence-electron chi connectivity index (χ4n) is 5.34. The average Bonchev–Trinajstić information content (AvgIpc) is 3.20. The largest absolute Gasteiger partial charge is 0.420 e. The smallest absolute Gasteiger partial charge is 0.378 e. The van der Waals surface area contributed by atoms with E-state index in [0.717, 1.165) is 38.0 Å². The van der Waals surface area contributed by atoms with Crippen LogP contribution in [0, 0.1) is 0 Å². The quantitative estimate of drug-likeness (QED) is 0.593. The monoisotopic (exact) mass is 488 g/mol. The minimum absolute atomic E-state index is 0.0160. The molecule has 35 heavy (non-hydrogen) atoms. The van der Waals surface area contributed by atoms with Gasteiger partial charge in [-0.3, -0.25) is 14.3 Å². The Labute approximate surface area is 202 Å². The minimum atomic E-state index is -4.81. The van der Waals surface area contributed by atoms with Gasteiger partial charge in [-0.25, -0.2) is 4.98 Å². The van der Waals surface area contributed by atoms with Crippen molar-refractivity contribution < 1.29 is 18.3 Å². The van der Waals surface area contributed by atoms with Gasteiger partial charge in [-0.1, -0.05) is 12.1 Å². The van der Waals surface area contributed by atoms with Crippen LogP contribution >= 0.6 is 0 Å². The third kappa shape index (κ3) is 4.62. The van der Waals surface area contributed by atoms with Crippen LogP contribution in [0.15, 0.2) is 36.5 Å². The Morgan fingerprint density at radius 2 is 1.91 bits per heavy atom. The van der Waals surface area contributed by atoms with Crippen LogP contribution < -0.4 is 4.90 Å². The normalized spacial score (nSPS) is 20.4. The number of hydrogen-bond acceptors (Lipinski definition) is 6. The number of fused-ring (bicyclic) bond motifs is 2. The van der Waals surface area contributed by atoms with Gasteiger partial charge in [-0.2, -0.15) is 13.2 Å². The SMILES string of the molecule is CN1CCN(c2cccc3nc(CN(C)C4CCCc5cccnc54)c(C(O)C(F)(F)F)n23)CC1. The number of aliphatic hydroxyl groups is 1. The molecule has 0 radical (unpaired) electrons. The first-order valence-electron chi connectivity index (χ1n) is 12.1. The van der Waals surface area contributed by atoms with E-state index >= 15 is 0 Å². The van der Waals surface area contributed by atoms with Gasteiger partial charge in [0.25, 0.3) is 0 Å². The predicted molar refractivity (Wildman–Crippen MR) is 127 cm³/mol. The number of aliphatic hydroxyl groups excluding tert-OH is 1. The highest BCUT2D eigenvalue weighted by molar-refractivity contribution is 5.56. The van der Waals surface area contributed by atoms with Crippen LogP contribution in [0.5, 0.6) is 0 Å². The lowest BCUT2D eigenvalue weighted by Crippen LogP contribution is -2.45. The number of nitrogens with zero attached hydrogens (tertiary/aromatic N) is 6. The Morgan fingerprint density at radius 1 is 1.14 bits per heavy atom. The third-order valence-corrected chi connectivity index (χ3v) is 7.23. The summed E-state index contributed by atoms with van der Waals surface area (Å²) in [4.78, 5) is 15.5. The zero-order chi connectivity index (χ0) is 24.7. The fraction of sp³-hybridized carbons (Fsp3) is 0.520. The van der Waals surface area contributed by atoms with Crippen LogP contribution in [-0.2, 0) is 13.0 Å². The zero-order valence-electron chi connectivity index (χ0n) is 20.0. The summed E-state index contributed by atoms with van der Waals surface area (Å²) in [7, 11) is 3.92. The van der Waals surface area contributed by atoms with Crippen LogP contribution in [0.2, 0.25) is 0 Å². The summed E-state index contributed by atoms with van der Waals surface area (Å²) in [5.41, 5.74) is 2.60. The summed E-state index contributed by atoms with van der Waals surface area (Å²) in [6.07, 6.45) is -2.86. The van der Waals surface area contributed by atoms with Crippen molar-refractivity contribution in [3.8, 4) is 0 Å². The first-order valence-corrected chi connectivity index (χ1v) is 12.1. The van der Waals surface area contributed by atoms with E-state index in [1.165, 1.54) is 9.96 Å². The summed E-state index contributed by atoms with van der Waals surface area (Å²) >= 11 is 0. The van der Waals surface area contributed by atoms with Crippen molar-refractivity contribution in [1.82, 2.24) is 24.2 Å². The molecule has 7 nitrogen and oxygen atoms in total. The first-order chi connectivity index (χ1) is 16.7. The molecule has 1 saturated heterocycles. The number of aryl methyl sites for hydroxylation is 1. The highest BCUT2D eigenvalue weighted by atomic mass is 19.4. The molecule has 0 amide bonds. The van der Waals surface area contributed by atoms with Crippen molar-refractivity contribution in [2.75, 3.05) is 45.2 Å². The maximum Gasteiger partial charge on any atom is 0.420 e. The number of anilines is 1. The molecule has 1 aliphatic heterocycles. The Kier molecular flexibility index (Phi) is 6.45. The molecule has 0 aromatic carbocycles. The lowest BCUT2D eigenvalue weighted by molar-refractivity contribution is -0.208. The van der Waals surface area contributed by atoms with Gasteiger partial charge in [0.05, 0.1) is 23.1 Å². The van der Waals surface area contributed by atoms with Crippen molar-refractivity contribution in [1.29, 1.82) is 0 Å². The van der Waals surface area contributed by atoms with Gasteiger partial charge >= 0.3 is 6.18 Å². The van der Waals surface area contributed by atoms with Crippen molar-refractivity contribution in [2.45, 2.75) is 44.1 Å². The van der Waals surface area contributed by atoms with Gasteiger partial charge in [-0.15, -0.1) is 0 Å². The van der Waals surface area contributed by atoms with E-state index in [-0.39, 0.29) is 24.0 Å². The molecule has 2 atom stereocenters. The third-order valence-electron chi connectivity index (χ3n) is 7.23. The molecule has 188 valence electrons. The lowest BCUT2D eigenvalue weighted by Gasteiger charge is -2.35. The van der Waals surface area contributed by atoms with E-state index in [0.29, 0.717) is 24.6 Å². The van der Waals surface area contributed by atoms with Gasteiger partial charge in [0.2, 0.25) is 0 Å². The number of rotatable bonds is 5. The molecule has 3 aromatic rings. The minimum Gasteiger partial charge on any atom is -0.378 e. The molecule has 0 saturated carbocycles. The van der Waals surface area contributed by atoms with Crippen molar-refractivity contribution in [3.63, 3.8) is 0 Å². The van der Waals surface area contributed by atoms with Crippen molar-refractivity contribution in [3.05, 3.63) is 59.2 Å². The standard InChI is InChI=1S/C25H31F3N6O/c1-31-12-14-33(15-13-31)21-10-4-9-20-30-18(23(34(20)21)24(35)25(26,27)28)16-32(2)19-8-3-6-17-7-5-11-29-22(17)19/h4-5,7,9-11,19,24,35H,3,6,8,12-16H2,1-2H3. The van der Waals surface area contributed by atoms with E-state index in [2.05, 4.69) is 25.8 Å². The summed E-state index contributed by atoms with van der Waals surface area (Å²) in [6.45, 7) is 3.18. The number of imidazole rings is 1. The van der Waals surface area contributed by atoms with Crippen molar-refractivity contribution in [2.24, 2.45) is 0 Å². The summed E-state index contributed by atoms with van der Waals surface area (Å²) in [6, 6.07) is 9.29. The first kappa shape index (κ1) is 24.0. The Balaban J connectivity index is 1.56. The second-order valence-corrected chi connectivity index (χ2v) is 9.63. The van der Waals surface area contributed by atoms with E-state index in [9.17, 15) is 18.3 Å². The highest BCUT2D eigenvalue weighted by Gasteiger charge is 2.43. The summed E-state index contributed by atoms with van der Waals surface area (Å²) in [5.74, 6) is 0.625. The van der Waals surface area contributed by atoms with Crippen LogP contribution in [0.4, 0.5) is 19.0 Å². The van der Waals surface area contributed by atoms with Gasteiger partial charge in [0, 0.05) is 38.9 Å². The van der Waals surface area contributed by atoms with Gasteiger partial charge < -0.3 is 14.9 Å². The Hall–Kier alpha value is -2.69. The van der Waals surface area contributed by atoms with Gasteiger partial charge in [0.1, 0.15) is 11.5 Å². The second-order valence-electron chi connectivity index (χ2n) is 9.63. The second kappa shape index (κ2) is 9.40. The van der Waals surface area contributed by atoms with Crippen LogP contribution in [0.3, 0.4) is 0 Å². The predicted octanol–water partition coefficient (Wildman–Crippen LogP) is 3.59. The average molecular weight is 489 g/mol. The highest BCUT2D eigenvalue weighted by Crippen LogP contribution is 2.38. The number of piperazine rings is 1. The van der Waals surface area contributed by atoms with E-state index in [1.54, 1.807) is 18.3 Å². The van der Waals surface area contributed by atoms with Crippen molar-refractivity contribution >= 4 is 11.5 Å². The Morgan fingerprint density at radius 3 is 2.66 bits per heavy atom. The maximum absolute atomic E-state index is 13.9. The molecular weight excluding hydrogens is 457 g/mol. The molecule has 3 aromatic heterocycles. The molecule has 10 heteroatoms. The summed E-state index contributed by atoms with van der Waals surface area (Å²) in [5, 5.41) is 10.5. The molecule has 4 heterocycles. The fourth-order valence-corrected chi connectivity index (χ4v) is 5.34. The maximum atomic E-state index is 13.9. The van der Waals surface area contributed by atoms with Crippen LogP contribution in [-0.4, -0.2) is 75.7 Å². The number of aromatic nitrogens is 3.